The van der Waals surface area contributed by atoms with Gasteiger partial charge in [-0.25, -0.2) is 9.97 Å². The lowest BCUT2D eigenvalue weighted by molar-refractivity contribution is 0.312. The zero-order chi connectivity index (χ0) is 26.6. The number of rotatable bonds is 9. The molecule has 4 aromatic rings. The summed E-state index contributed by atoms with van der Waals surface area (Å²) in [6.07, 6.45) is 2.65. The van der Waals surface area contributed by atoms with E-state index in [0.29, 0.717) is 18.2 Å². The molecule has 8 heteroatoms. The van der Waals surface area contributed by atoms with Gasteiger partial charge in [0.15, 0.2) is 5.82 Å². The van der Waals surface area contributed by atoms with E-state index in [1.165, 1.54) is 16.1 Å². The molecular weight excluding hydrogens is 492 g/mol. The Kier molecular flexibility index (Phi) is 8.09. The molecule has 1 aliphatic rings. The average molecular weight is 531 g/mol. The van der Waals surface area contributed by atoms with Gasteiger partial charge in [0.25, 0.3) is 0 Å². The number of fused-ring (bicyclic) bond motifs is 1. The first-order valence-electron chi connectivity index (χ1n) is 13.3. The average Bonchev–Trinajstić information content (AvgIpc) is 3.29. The summed E-state index contributed by atoms with van der Waals surface area (Å²) in [5, 5.41) is 4.15. The Morgan fingerprint density at radius 2 is 1.76 bits per heavy atom. The maximum Gasteiger partial charge on any atom is 0.154 e. The minimum Gasteiger partial charge on any atom is -0.496 e. The highest BCUT2D eigenvalue weighted by atomic mass is 32.2. The molecule has 1 N–H and O–H groups in total. The molecule has 0 aliphatic carbocycles. The van der Waals surface area contributed by atoms with E-state index in [1.807, 2.05) is 25.0 Å². The summed E-state index contributed by atoms with van der Waals surface area (Å²) >= 11 is 1.89. The van der Waals surface area contributed by atoms with E-state index in [1.54, 1.807) is 7.11 Å². The predicted octanol–water partition coefficient (Wildman–Crippen LogP) is 5.43. The largest absolute Gasteiger partial charge is 0.496 e. The maximum absolute atomic E-state index is 5.83. The van der Waals surface area contributed by atoms with Crippen molar-refractivity contribution in [2.24, 2.45) is 7.05 Å². The van der Waals surface area contributed by atoms with Crippen LogP contribution in [0.3, 0.4) is 0 Å². The Morgan fingerprint density at radius 1 is 0.974 bits per heavy atom. The van der Waals surface area contributed by atoms with Crippen molar-refractivity contribution >= 4 is 34.3 Å². The van der Waals surface area contributed by atoms with Crippen molar-refractivity contribution in [1.82, 2.24) is 19.4 Å². The van der Waals surface area contributed by atoms with Gasteiger partial charge >= 0.3 is 0 Å². The van der Waals surface area contributed by atoms with Crippen molar-refractivity contribution in [2.75, 3.05) is 50.6 Å². The van der Waals surface area contributed by atoms with Crippen LogP contribution in [0.2, 0.25) is 0 Å². The van der Waals surface area contributed by atoms with E-state index in [9.17, 15) is 0 Å². The molecule has 2 aromatic heterocycles. The summed E-state index contributed by atoms with van der Waals surface area (Å²) < 4.78 is 7.91. The molecule has 1 saturated heterocycles. The van der Waals surface area contributed by atoms with Crippen LogP contribution in [0.15, 0.2) is 59.6 Å². The topological polar surface area (TPSA) is 58.5 Å². The number of ether oxygens (including phenoxy) is 1. The molecule has 2 aromatic carbocycles. The first-order valence-corrected chi connectivity index (χ1v) is 14.2. The molecule has 1 aliphatic heterocycles. The number of methoxy groups -OCH3 is 1. The monoisotopic (exact) mass is 530 g/mol. The molecule has 38 heavy (non-hydrogen) atoms. The quantitative estimate of drug-likeness (QED) is 0.290. The van der Waals surface area contributed by atoms with Crippen LogP contribution in [0.4, 0.5) is 11.5 Å². The van der Waals surface area contributed by atoms with Gasteiger partial charge in [-0.1, -0.05) is 38.1 Å². The van der Waals surface area contributed by atoms with Crippen molar-refractivity contribution in [1.29, 1.82) is 0 Å². The molecule has 7 nitrogen and oxygen atoms in total. The Bertz CT molecular complexity index is 1390. The zero-order valence-electron chi connectivity index (χ0n) is 23.1. The second-order valence-electron chi connectivity index (χ2n) is 10.2. The number of likely N-dealkylation sites (N-methyl/N-ethyl adjacent to an activating group) is 1. The van der Waals surface area contributed by atoms with Crippen LogP contribution in [0.5, 0.6) is 5.75 Å². The number of thioether (sulfide) groups is 1. The number of hydrogen-bond donors (Lipinski definition) is 1. The molecule has 1 fully saturated rings. The highest BCUT2D eigenvalue weighted by Crippen LogP contribution is 2.30. The number of piperazine rings is 1. The zero-order valence-corrected chi connectivity index (χ0v) is 23.9. The lowest BCUT2D eigenvalue weighted by atomic mass is 10.1. The van der Waals surface area contributed by atoms with E-state index in [0.717, 1.165) is 60.2 Å². The van der Waals surface area contributed by atoms with Gasteiger partial charge in [0.05, 0.1) is 12.6 Å². The molecule has 0 bridgehead atoms. The summed E-state index contributed by atoms with van der Waals surface area (Å²) in [4.78, 5) is 16.0. The summed E-state index contributed by atoms with van der Waals surface area (Å²) in [5.41, 5.74) is 5.52. The van der Waals surface area contributed by atoms with Crippen LogP contribution < -0.4 is 15.0 Å². The van der Waals surface area contributed by atoms with Crippen LogP contribution >= 0.6 is 11.8 Å². The van der Waals surface area contributed by atoms with Gasteiger partial charge in [-0.2, -0.15) is 0 Å². The van der Waals surface area contributed by atoms with Gasteiger partial charge < -0.3 is 24.4 Å². The summed E-state index contributed by atoms with van der Waals surface area (Å²) in [7, 11) is 5.96. The summed E-state index contributed by atoms with van der Waals surface area (Å²) in [6.45, 7) is 9.36. The normalized spacial score (nSPS) is 14.4. The van der Waals surface area contributed by atoms with Gasteiger partial charge in [-0.05, 0) is 30.8 Å². The Morgan fingerprint density at radius 3 is 2.53 bits per heavy atom. The van der Waals surface area contributed by atoms with Crippen LogP contribution in [-0.4, -0.2) is 65.0 Å². The fraction of sp³-hybridized carbons (Fsp3) is 0.400. The highest BCUT2D eigenvalue weighted by Gasteiger charge is 2.18. The third kappa shape index (κ3) is 5.92. The summed E-state index contributed by atoms with van der Waals surface area (Å²) in [5.74, 6) is 2.52. The SMILES string of the molecule is COc1cc(N2CCN(C)CC2)ccc1Cc1nc(NCc2ccccc2SC(C)C)c2c(ccn2C)n1. The van der Waals surface area contributed by atoms with E-state index in [-0.39, 0.29) is 0 Å². The number of aryl methyl sites for hydroxylation is 1. The Hall–Kier alpha value is -3.23. The van der Waals surface area contributed by atoms with Crippen LogP contribution in [-0.2, 0) is 20.0 Å². The van der Waals surface area contributed by atoms with Crippen LogP contribution in [0, 0.1) is 0 Å². The Balaban J connectivity index is 1.40. The van der Waals surface area contributed by atoms with Crippen molar-refractivity contribution in [3.63, 3.8) is 0 Å². The second-order valence-corrected chi connectivity index (χ2v) is 11.9. The first-order chi connectivity index (χ1) is 18.4. The van der Waals surface area contributed by atoms with E-state index >= 15 is 0 Å². The fourth-order valence-corrected chi connectivity index (χ4v) is 5.91. The predicted molar refractivity (Wildman–Crippen MR) is 159 cm³/mol. The van der Waals surface area contributed by atoms with E-state index in [2.05, 4.69) is 89.1 Å². The molecule has 0 amide bonds. The van der Waals surface area contributed by atoms with Crippen LogP contribution in [0.1, 0.15) is 30.8 Å². The van der Waals surface area contributed by atoms with Crippen molar-refractivity contribution < 1.29 is 4.74 Å². The van der Waals surface area contributed by atoms with Gasteiger partial charge in [-0.3, -0.25) is 0 Å². The van der Waals surface area contributed by atoms with Gasteiger partial charge in [-0.15, -0.1) is 11.8 Å². The number of hydrogen-bond acceptors (Lipinski definition) is 7. The molecule has 0 spiro atoms. The number of benzene rings is 2. The maximum atomic E-state index is 5.83. The van der Waals surface area contributed by atoms with Crippen molar-refractivity contribution in [3.8, 4) is 5.75 Å². The number of aromatic nitrogens is 3. The van der Waals surface area contributed by atoms with Gasteiger partial charge in [0.1, 0.15) is 17.1 Å². The molecule has 0 atom stereocenters. The Labute approximate surface area is 230 Å². The standard InChI is InChI=1S/C30H38N6OS/c1-21(2)38-27-9-7-6-8-23(27)20-31-30-29-25(12-13-35(29)4)32-28(33-30)18-22-10-11-24(19-26(22)37-5)36-16-14-34(3)15-17-36/h6-13,19,21H,14-18,20H2,1-5H3,(H,31,32,33). The number of nitrogens with one attached hydrogen (secondary N) is 1. The first kappa shape index (κ1) is 26.4. The molecule has 5 rings (SSSR count). The molecule has 200 valence electrons. The molecule has 0 radical (unpaired) electrons. The number of nitrogens with zero attached hydrogens (tertiary/aromatic N) is 5. The van der Waals surface area contributed by atoms with Crippen LogP contribution in [0.25, 0.3) is 11.0 Å². The van der Waals surface area contributed by atoms with Crippen molar-refractivity contribution in [3.05, 3.63) is 71.7 Å². The molecule has 0 saturated carbocycles. The molecular formula is C30H38N6OS. The lowest BCUT2D eigenvalue weighted by Gasteiger charge is -2.34. The minimum absolute atomic E-state index is 0.527. The summed E-state index contributed by atoms with van der Waals surface area (Å²) in [6, 6.07) is 17.2. The lowest BCUT2D eigenvalue weighted by Crippen LogP contribution is -2.44. The highest BCUT2D eigenvalue weighted by molar-refractivity contribution is 8.00. The van der Waals surface area contributed by atoms with Gasteiger partial charge in [0, 0.05) is 79.9 Å². The molecule has 3 heterocycles. The third-order valence-corrected chi connectivity index (χ3v) is 8.16. The smallest absolute Gasteiger partial charge is 0.154 e. The number of anilines is 2. The second kappa shape index (κ2) is 11.7. The van der Waals surface area contributed by atoms with E-state index < -0.39 is 0 Å². The minimum atomic E-state index is 0.527. The van der Waals surface area contributed by atoms with Gasteiger partial charge in [0.2, 0.25) is 0 Å². The van der Waals surface area contributed by atoms with E-state index in [4.69, 9.17) is 14.7 Å². The fourth-order valence-electron chi connectivity index (χ4n) is 4.95. The third-order valence-electron chi connectivity index (χ3n) is 7.04. The molecule has 0 unspecified atom stereocenters. The van der Waals surface area contributed by atoms with Crippen molar-refractivity contribution in [2.45, 2.75) is 37.0 Å².